The summed E-state index contributed by atoms with van der Waals surface area (Å²) in [6, 6.07) is 8.82. The lowest BCUT2D eigenvalue weighted by molar-refractivity contribution is 0.580. The maximum atomic E-state index is 14.0. The second-order valence-electron chi connectivity index (χ2n) is 5.70. The van der Waals surface area contributed by atoms with E-state index in [1.807, 2.05) is 26.0 Å². The number of benzene rings is 2. The number of aryl methyl sites for hydroxylation is 2. The van der Waals surface area contributed by atoms with Crippen molar-refractivity contribution in [3.05, 3.63) is 71.2 Å². The first-order valence-electron chi connectivity index (χ1n) is 7.82. The largest absolute Gasteiger partial charge is 0.324 e. The van der Waals surface area contributed by atoms with Gasteiger partial charge >= 0.3 is 0 Å². The standard InChI is InChI=1S/C19H16F3N3/c1-3-12-6-11(2)7-14(8-12)24-19-23-10-17(22)18(25-19)15-5-4-13(20)9-16(15)21/h4-10H,3H2,1-2H3,(H,23,24,25). The molecule has 3 nitrogen and oxygen atoms in total. The predicted octanol–water partition coefficient (Wildman–Crippen LogP) is 5.18. The molecule has 1 heterocycles. The summed E-state index contributed by atoms with van der Waals surface area (Å²) < 4.78 is 41.0. The van der Waals surface area contributed by atoms with E-state index in [9.17, 15) is 13.2 Å². The molecule has 0 unspecified atom stereocenters. The number of nitrogens with one attached hydrogen (secondary N) is 1. The van der Waals surface area contributed by atoms with Gasteiger partial charge in [-0.15, -0.1) is 0 Å². The molecule has 0 amide bonds. The molecule has 1 aromatic heterocycles. The molecule has 0 aliphatic carbocycles. The number of hydrogen-bond acceptors (Lipinski definition) is 3. The number of nitrogens with zero attached hydrogens (tertiary/aromatic N) is 2. The Balaban J connectivity index is 1.98. The average molecular weight is 343 g/mol. The first-order chi connectivity index (χ1) is 12.0. The highest BCUT2D eigenvalue weighted by molar-refractivity contribution is 5.63. The summed E-state index contributed by atoms with van der Waals surface area (Å²) in [4.78, 5) is 7.95. The fourth-order valence-corrected chi connectivity index (χ4v) is 2.57. The van der Waals surface area contributed by atoms with E-state index in [1.54, 1.807) is 0 Å². The summed E-state index contributed by atoms with van der Waals surface area (Å²) in [6.07, 6.45) is 1.83. The third kappa shape index (κ3) is 3.79. The number of hydrogen-bond donors (Lipinski definition) is 1. The third-order valence-corrected chi connectivity index (χ3v) is 3.73. The number of rotatable bonds is 4. The van der Waals surface area contributed by atoms with E-state index >= 15 is 0 Å². The first kappa shape index (κ1) is 17.0. The molecule has 0 aliphatic heterocycles. The van der Waals surface area contributed by atoms with Gasteiger partial charge in [0.05, 0.1) is 6.20 Å². The number of aromatic nitrogens is 2. The van der Waals surface area contributed by atoms with Crippen LogP contribution < -0.4 is 5.32 Å². The summed E-state index contributed by atoms with van der Waals surface area (Å²) in [6.45, 7) is 4.01. The molecule has 0 spiro atoms. The van der Waals surface area contributed by atoms with Crippen molar-refractivity contribution in [2.75, 3.05) is 5.32 Å². The highest BCUT2D eigenvalue weighted by Gasteiger charge is 2.14. The Morgan fingerprint density at radius 2 is 1.80 bits per heavy atom. The van der Waals surface area contributed by atoms with Crippen LogP contribution in [0.3, 0.4) is 0 Å². The lowest BCUT2D eigenvalue weighted by atomic mass is 10.1. The van der Waals surface area contributed by atoms with Crippen molar-refractivity contribution < 1.29 is 13.2 Å². The molecule has 0 radical (unpaired) electrons. The highest BCUT2D eigenvalue weighted by Crippen LogP contribution is 2.26. The minimum absolute atomic E-state index is 0.122. The molecule has 6 heteroatoms. The van der Waals surface area contributed by atoms with Crippen LogP contribution in [0, 0.1) is 24.4 Å². The Morgan fingerprint density at radius 1 is 1.00 bits per heavy atom. The van der Waals surface area contributed by atoms with Crippen molar-refractivity contribution in [3.8, 4) is 11.3 Å². The van der Waals surface area contributed by atoms with Crippen LogP contribution in [0.25, 0.3) is 11.3 Å². The first-order valence-corrected chi connectivity index (χ1v) is 7.82. The van der Waals surface area contributed by atoms with Crippen LogP contribution in [-0.4, -0.2) is 9.97 Å². The summed E-state index contributed by atoms with van der Waals surface area (Å²) in [7, 11) is 0. The maximum Gasteiger partial charge on any atom is 0.227 e. The molecular weight excluding hydrogens is 327 g/mol. The second kappa shape index (κ2) is 6.93. The fourth-order valence-electron chi connectivity index (χ4n) is 2.57. The summed E-state index contributed by atoms with van der Waals surface area (Å²) >= 11 is 0. The summed E-state index contributed by atoms with van der Waals surface area (Å²) in [5.74, 6) is -2.27. The SMILES string of the molecule is CCc1cc(C)cc(Nc2ncc(F)c(-c3ccc(F)cc3F)n2)c1. The van der Waals surface area contributed by atoms with Crippen molar-refractivity contribution in [2.45, 2.75) is 20.3 Å². The third-order valence-electron chi connectivity index (χ3n) is 3.73. The van der Waals surface area contributed by atoms with E-state index < -0.39 is 17.5 Å². The van der Waals surface area contributed by atoms with Crippen LogP contribution in [-0.2, 0) is 6.42 Å². The molecular formula is C19H16F3N3. The number of halogens is 3. The van der Waals surface area contributed by atoms with Crippen LogP contribution in [0.15, 0.2) is 42.6 Å². The van der Waals surface area contributed by atoms with Gasteiger partial charge in [-0.1, -0.05) is 13.0 Å². The van der Waals surface area contributed by atoms with Gasteiger partial charge in [0.1, 0.15) is 17.3 Å². The molecule has 0 saturated heterocycles. The van der Waals surface area contributed by atoms with E-state index in [-0.39, 0.29) is 17.2 Å². The van der Waals surface area contributed by atoms with Crippen molar-refractivity contribution in [3.63, 3.8) is 0 Å². The molecule has 0 fully saturated rings. The van der Waals surface area contributed by atoms with Crippen LogP contribution in [0.2, 0.25) is 0 Å². The molecule has 0 saturated carbocycles. The Kier molecular flexibility index (Phi) is 4.70. The van der Waals surface area contributed by atoms with Crippen molar-refractivity contribution in [1.29, 1.82) is 0 Å². The highest BCUT2D eigenvalue weighted by atomic mass is 19.1. The molecule has 0 aliphatic rings. The second-order valence-corrected chi connectivity index (χ2v) is 5.70. The van der Waals surface area contributed by atoms with Crippen LogP contribution in [0.5, 0.6) is 0 Å². The van der Waals surface area contributed by atoms with Crippen LogP contribution in [0.4, 0.5) is 24.8 Å². The molecule has 128 valence electrons. The molecule has 25 heavy (non-hydrogen) atoms. The normalized spacial score (nSPS) is 10.8. The smallest absolute Gasteiger partial charge is 0.227 e. The number of anilines is 2. The van der Waals surface area contributed by atoms with Gasteiger partial charge < -0.3 is 5.32 Å². The van der Waals surface area contributed by atoms with Gasteiger partial charge in [0, 0.05) is 17.3 Å². The van der Waals surface area contributed by atoms with Gasteiger partial charge in [0.25, 0.3) is 0 Å². The lowest BCUT2D eigenvalue weighted by Gasteiger charge is -2.10. The molecule has 3 aromatic rings. The zero-order valence-electron chi connectivity index (χ0n) is 13.8. The molecule has 0 atom stereocenters. The van der Waals surface area contributed by atoms with Gasteiger partial charge in [-0.05, 0) is 48.7 Å². The lowest BCUT2D eigenvalue weighted by Crippen LogP contribution is -2.02. The molecule has 1 N–H and O–H groups in total. The van der Waals surface area contributed by atoms with Crippen LogP contribution in [0.1, 0.15) is 18.1 Å². The van der Waals surface area contributed by atoms with E-state index in [0.717, 1.165) is 41.6 Å². The molecule has 0 bridgehead atoms. The van der Waals surface area contributed by atoms with Crippen LogP contribution >= 0.6 is 0 Å². The topological polar surface area (TPSA) is 37.8 Å². The zero-order valence-corrected chi connectivity index (χ0v) is 13.8. The quantitative estimate of drug-likeness (QED) is 0.710. The van der Waals surface area contributed by atoms with E-state index in [1.165, 1.54) is 0 Å². The van der Waals surface area contributed by atoms with E-state index in [2.05, 4.69) is 21.4 Å². The zero-order chi connectivity index (χ0) is 18.0. The van der Waals surface area contributed by atoms with Gasteiger partial charge in [-0.25, -0.2) is 23.1 Å². The average Bonchev–Trinajstić information content (AvgIpc) is 2.56. The summed E-state index contributed by atoms with van der Waals surface area (Å²) in [5, 5.41) is 3.00. The van der Waals surface area contributed by atoms with Gasteiger partial charge in [-0.2, -0.15) is 0 Å². The van der Waals surface area contributed by atoms with Gasteiger partial charge in [0.2, 0.25) is 5.95 Å². The minimum Gasteiger partial charge on any atom is -0.324 e. The minimum atomic E-state index is -0.882. The molecule has 3 rings (SSSR count). The summed E-state index contributed by atoms with van der Waals surface area (Å²) in [5.41, 5.74) is 2.61. The van der Waals surface area contributed by atoms with E-state index in [4.69, 9.17) is 0 Å². The molecule has 2 aromatic carbocycles. The Hall–Kier alpha value is -2.89. The van der Waals surface area contributed by atoms with Crippen molar-refractivity contribution >= 4 is 11.6 Å². The monoisotopic (exact) mass is 343 g/mol. The Labute approximate surface area is 143 Å². The Bertz CT molecular complexity index is 926. The maximum absolute atomic E-state index is 14.0. The van der Waals surface area contributed by atoms with Gasteiger partial charge in [0.15, 0.2) is 5.82 Å². The Morgan fingerprint density at radius 3 is 2.52 bits per heavy atom. The van der Waals surface area contributed by atoms with Gasteiger partial charge in [-0.3, -0.25) is 0 Å². The van der Waals surface area contributed by atoms with Crippen molar-refractivity contribution in [2.24, 2.45) is 0 Å². The van der Waals surface area contributed by atoms with Crippen molar-refractivity contribution in [1.82, 2.24) is 9.97 Å². The predicted molar refractivity (Wildman–Crippen MR) is 91.2 cm³/mol. The van der Waals surface area contributed by atoms with E-state index in [0.29, 0.717) is 6.07 Å². The fraction of sp³-hybridized carbons (Fsp3) is 0.158.